The van der Waals surface area contributed by atoms with Gasteiger partial charge in [-0.05, 0) is 42.4 Å². The molecule has 0 radical (unpaired) electrons. The first-order valence-electron chi connectivity index (χ1n) is 13.4. The van der Waals surface area contributed by atoms with Crippen LogP contribution in [0.15, 0.2) is 54.7 Å². The minimum atomic E-state index is -4.47. The number of imidazole rings is 1. The second kappa shape index (κ2) is 11.8. The van der Waals surface area contributed by atoms with Gasteiger partial charge in [-0.25, -0.2) is 19.9 Å². The lowest BCUT2D eigenvalue weighted by atomic mass is 10.0. The van der Waals surface area contributed by atoms with Crippen molar-refractivity contribution < 1.29 is 27.3 Å². The second-order valence-electron chi connectivity index (χ2n) is 10.1. The first kappa shape index (κ1) is 28.4. The molecule has 3 N–H and O–H groups in total. The fraction of sp³-hybridized carbons (Fsp3) is 0.345. The maximum absolute atomic E-state index is 14.1. The summed E-state index contributed by atoms with van der Waals surface area (Å²) in [6.45, 7) is 7.93. The van der Waals surface area contributed by atoms with Crippen LogP contribution in [0.25, 0.3) is 11.0 Å². The van der Waals surface area contributed by atoms with Crippen LogP contribution >= 0.6 is 0 Å². The standard InChI is InChI=1S/C29H32F3N7O2/c1-4-38-11-13-39(14-12-38)18-20-5-6-21(15-24(20)29(30,31)32)35-28-36-25-16-22(7-8-26(25)37(28)3)41-23-9-10-33-27(17-23)34-19(2)40/h5-10,15-17H,4,11-14,18H2,1-3H3,(H2,33,34,35,36,40)/p+1. The van der Waals surface area contributed by atoms with Gasteiger partial charge in [0.2, 0.25) is 5.91 Å². The molecule has 1 aliphatic rings. The monoisotopic (exact) mass is 568 g/mol. The molecule has 1 saturated heterocycles. The van der Waals surface area contributed by atoms with E-state index in [1.165, 1.54) is 19.2 Å². The van der Waals surface area contributed by atoms with Crippen LogP contribution in [0.2, 0.25) is 0 Å². The highest BCUT2D eigenvalue weighted by atomic mass is 19.4. The van der Waals surface area contributed by atoms with Crippen LogP contribution in [0, 0.1) is 0 Å². The number of fused-ring (bicyclic) bond motifs is 1. The van der Waals surface area contributed by atoms with E-state index in [1.54, 1.807) is 36.4 Å². The zero-order valence-electron chi connectivity index (χ0n) is 23.2. The summed E-state index contributed by atoms with van der Waals surface area (Å²) in [4.78, 5) is 23.0. The molecular weight excluding hydrogens is 535 g/mol. The van der Waals surface area contributed by atoms with E-state index < -0.39 is 11.7 Å². The van der Waals surface area contributed by atoms with Gasteiger partial charge in [-0.1, -0.05) is 13.0 Å². The molecule has 9 nitrogen and oxygen atoms in total. The Hall–Kier alpha value is -4.16. The largest absolute Gasteiger partial charge is 0.457 e. The maximum Gasteiger partial charge on any atom is 0.416 e. The normalized spacial score (nSPS) is 14.8. The Morgan fingerprint density at radius 2 is 1.78 bits per heavy atom. The van der Waals surface area contributed by atoms with Crippen LogP contribution in [-0.2, 0) is 24.6 Å². The number of carbonyl (C=O) groups is 1. The van der Waals surface area contributed by atoms with Gasteiger partial charge in [0.1, 0.15) is 28.4 Å². The summed E-state index contributed by atoms with van der Waals surface area (Å²) in [5, 5.41) is 5.72. The van der Waals surface area contributed by atoms with E-state index in [9.17, 15) is 18.0 Å². The van der Waals surface area contributed by atoms with Crippen LogP contribution in [0.5, 0.6) is 11.5 Å². The number of nitrogens with one attached hydrogen (secondary N) is 3. The van der Waals surface area contributed by atoms with Crippen LogP contribution in [0.4, 0.5) is 30.6 Å². The Morgan fingerprint density at radius 1 is 1.05 bits per heavy atom. The Kier molecular flexibility index (Phi) is 8.13. The second-order valence-corrected chi connectivity index (χ2v) is 10.1. The van der Waals surface area contributed by atoms with Crippen molar-refractivity contribution in [3.05, 3.63) is 65.9 Å². The topological polar surface area (TPSA) is 89.4 Å². The summed E-state index contributed by atoms with van der Waals surface area (Å²) in [6.07, 6.45) is -2.94. The highest BCUT2D eigenvalue weighted by Gasteiger charge is 2.34. The van der Waals surface area contributed by atoms with Crippen molar-refractivity contribution in [1.29, 1.82) is 0 Å². The smallest absolute Gasteiger partial charge is 0.416 e. The number of likely N-dealkylation sites (N-methyl/N-ethyl adjacent to an activating group) is 1. The summed E-state index contributed by atoms with van der Waals surface area (Å²) in [7, 11) is 1.82. The van der Waals surface area contributed by atoms with Crippen molar-refractivity contribution in [2.24, 2.45) is 7.05 Å². The van der Waals surface area contributed by atoms with Crippen molar-refractivity contribution in [3.63, 3.8) is 0 Å². The molecule has 41 heavy (non-hydrogen) atoms. The number of aryl methyl sites for hydroxylation is 1. The third-order valence-corrected chi connectivity index (χ3v) is 7.17. The Labute approximate surface area is 235 Å². The Morgan fingerprint density at radius 3 is 2.49 bits per heavy atom. The fourth-order valence-electron chi connectivity index (χ4n) is 4.97. The van der Waals surface area contributed by atoms with Gasteiger partial charge in [-0.15, -0.1) is 0 Å². The molecule has 4 aromatic rings. The molecule has 3 heterocycles. The van der Waals surface area contributed by atoms with E-state index in [2.05, 4.69) is 37.3 Å². The molecule has 5 rings (SSSR count). The SMILES string of the molecule is CCN1CCN(Cc2ccc(Nc3[nH]c4cc(Oc5ccnc(NC(C)=O)c5)ccc4[n+]3C)cc2C(F)(F)F)CC1. The third kappa shape index (κ3) is 6.77. The molecule has 2 aromatic heterocycles. The van der Waals surface area contributed by atoms with E-state index in [0.717, 1.165) is 43.8 Å². The molecule has 1 fully saturated rings. The van der Waals surface area contributed by atoms with Gasteiger partial charge in [-0.3, -0.25) is 9.69 Å². The number of nitrogens with zero attached hydrogens (tertiary/aromatic N) is 4. The van der Waals surface area contributed by atoms with Crippen molar-refractivity contribution in [2.75, 3.05) is 43.4 Å². The number of ether oxygens (including phenoxy) is 1. The lowest BCUT2D eigenvalue weighted by molar-refractivity contribution is -0.629. The number of hydrogen-bond donors (Lipinski definition) is 3. The molecule has 2 aromatic carbocycles. The summed E-state index contributed by atoms with van der Waals surface area (Å²) >= 11 is 0. The average molecular weight is 569 g/mol. The molecule has 12 heteroatoms. The number of benzene rings is 2. The molecule has 1 aliphatic heterocycles. The van der Waals surface area contributed by atoms with E-state index in [-0.39, 0.29) is 18.0 Å². The lowest BCUT2D eigenvalue weighted by Crippen LogP contribution is -2.45. The van der Waals surface area contributed by atoms with Crippen molar-refractivity contribution in [1.82, 2.24) is 19.8 Å². The maximum atomic E-state index is 14.1. The number of piperazine rings is 1. The number of aromatic amines is 1. The third-order valence-electron chi connectivity index (χ3n) is 7.17. The van der Waals surface area contributed by atoms with Gasteiger partial charge in [0.05, 0.1) is 18.3 Å². The number of alkyl halides is 3. The number of halogens is 3. The number of rotatable bonds is 8. The molecular formula is C29H33F3N7O2+. The van der Waals surface area contributed by atoms with Gasteiger partial charge in [0.15, 0.2) is 0 Å². The average Bonchev–Trinajstić information content (AvgIpc) is 3.23. The van der Waals surface area contributed by atoms with Gasteiger partial charge in [0.25, 0.3) is 0 Å². The molecule has 0 bridgehead atoms. The van der Waals surface area contributed by atoms with E-state index in [4.69, 9.17) is 4.74 Å². The fourth-order valence-corrected chi connectivity index (χ4v) is 4.97. The number of pyridine rings is 1. The Balaban J connectivity index is 1.34. The highest BCUT2D eigenvalue weighted by molar-refractivity contribution is 5.87. The van der Waals surface area contributed by atoms with Crippen molar-refractivity contribution >= 4 is 34.4 Å². The van der Waals surface area contributed by atoms with Crippen molar-refractivity contribution in [2.45, 2.75) is 26.6 Å². The lowest BCUT2D eigenvalue weighted by Gasteiger charge is -2.34. The summed E-state index contributed by atoms with van der Waals surface area (Å²) in [5.41, 5.74) is 1.52. The van der Waals surface area contributed by atoms with Crippen LogP contribution in [0.1, 0.15) is 25.0 Å². The van der Waals surface area contributed by atoms with E-state index in [0.29, 0.717) is 29.0 Å². The first-order chi connectivity index (χ1) is 19.6. The highest BCUT2D eigenvalue weighted by Crippen LogP contribution is 2.35. The van der Waals surface area contributed by atoms with Gasteiger partial charge in [0, 0.05) is 58.0 Å². The van der Waals surface area contributed by atoms with Crippen LogP contribution in [0.3, 0.4) is 0 Å². The Bertz CT molecular complexity index is 1550. The number of carbonyl (C=O) groups excluding carboxylic acids is 1. The van der Waals surface area contributed by atoms with Crippen molar-refractivity contribution in [3.8, 4) is 11.5 Å². The van der Waals surface area contributed by atoms with Crippen LogP contribution in [-0.4, -0.2) is 58.4 Å². The zero-order chi connectivity index (χ0) is 29.1. The van der Waals surface area contributed by atoms with Gasteiger partial charge >= 0.3 is 12.1 Å². The molecule has 0 unspecified atom stereocenters. The molecule has 0 aliphatic carbocycles. The van der Waals surface area contributed by atoms with Crippen LogP contribution < -0.4 is 19.9 Å². The predicted molar refractivity (Wildman–Crippen MR) is 150 cm³/mol. The number of hydrogen-bond acceptors (Lipinski definition) is 6. The summed E-state index contributed by atoms with van der Waals surface area (Å²) < 4.78 is 50.0. The molecule has 216 valence electrons. The minimum absolute atomic E-state index is 0.238. The number of H-pyrrole nitrogens is 1. The van der Waals surface area contributed by atoms with Gasteiger partial charge < -0.3 is 15.0 Å². The molecule has 1 amide bonds. The van der Waals surface area contributed by atoms with E-state index >= 15 is 0 Å². The summed E-state index contributed by atoms with van der Waals surface area (Å²) in [6, 6.07) is 13.1. The zero-order valence-corrected chi connectivity index (χ0v) is 23.2. The number of amides is 1. The van der Waals surface area contributed by atoms with Gasteiger partial charge in [-0.2, -0.15) is 13.2 Å². The van der Waals surface area contributed by atoms with E-state index in [1.807, 2.05) is 17.7 Å². The summed E-state index contributed by atoms with van der Waals surface area (Å²) in [5.74, 6) is 1.68. The quantitative estimate of drug-likeness (QED) is 0.258. The molecule has 0 spiro atoms. The molecule has 0 atom stereocenters. The molecule has 0 saturated carbocycles. The first-order valence-corrected chi connectivity index (χ1v) is 13.4. The predicted octanol–water partition coefficient (Wildman–Crippen LogP) is 5.04. The number of aromatic nitrogens is 3. The number of anilines is 3. The minimum Gasteiger partial charge on any atom is -0.457 e.